The van der Waals surface area contributed by atoms with Crippen molar-refractivity contribution < 1.29 is 9.53 Å². The smallest absolute Gasteiger partial charge is 0.220 e. The zero-order valence-corrected chi connectivity index (χ0v) is 7.58. The maximum atomic E-state index is 10.9. The highest BCUT2D eigenvalue weighted by Gasteiger charge is 2.25. The van der Waals surface area contributed by atoms with Gasteiger partial charge >= 0.3 is 0 Å². The van der Waals surface area contributed by atoms with Crippen molar-refractivity contribution in [3.8, 4) is 0 Å². The standard InChI is InChI=1S/C9H17NO2/c1-2-3-8-6-7(9(10)11)4-5-12-8/h7-8H,2-6H2,1H3,(H2,10,11). The lowest BCUT2D eigenvalue weighted by Crippen LogP contribution is -2.33. The van der Waals surface area contributed by atoms with Gasteiger partial charge in [-0.05, 0) is 19.3 Å². The Labute approximate surface area is 73.3 Å². The summed E-state index contributed by atoms with van der Waals surface area (Å²) in [5, 5.41) is 0. The number of rotatable bonds is 3. The summed E-state index contributed by atoms with van der Waals surface area (Å²) in [6.45, 7) is 2.81. The minimum atomic E-state index is -0.167. The number of hydrogen-bond donors (Lipinski definition) is 1. The summed E-state index contributed by atoms with van der Waals surface area (Å²) in [6.07, 6.45) is 4.04. The first-order valence-corrected chi connectivity index (χ1v) is 4.65. The van der Waals surface area contributed by atoms with Gasteiger partial charge in [0.05, 0.1) is 6.10 Å². The molecule has 1 aliphatic rings. The van der Waals surface area contributed by atoms with Crippen LogP contribution in [0, 0.1) is 5.92 Å². The van der Waals surface area contributed by atoms with E-state index in [1.54, 1.807) is 0 Å². The number of carbonyl (C=O) groups is 1. The van der Waals surface area contributed by atoms with E-state index >= 15 is 0 Å². The molecule has 2 unspecified atom stereocenters. The Bertz CT molecular complexity index is 157. The van der Waals surface area contributed by atoms with Crippen LogP contribution in [-0.2, 0) is 9.53 Å². The van der Waals surface area contributed by atoms with Crippen molar-refractivity contribution in [1.82, 2.24) is 0 Å². The molecule has 1 aliphatic heterocycles. The number of ether oxygens (including phenoxy) is 1. The van der Waals surface area contributed by atoms with Gasteiger partial charge in [-0.15, -0.1) is 0 Å². The minimum Gasteiger partial charge on any atom is -0.378 e. The molecule has 0 aliphatic carbocycles. The molecule has 3 heteroatoms. The van der Waals surface area contributed by atoms with Crippen molar-refractivity contribution in [2.24, 2.45) is 11.7 Å². The Hall–Kier alpha value is -0.570. The van der Waals surface area contributed by atoms with Gasteiger partial charge in [0.2, 0.25) is 5.91 Å². The largest absolute Gasteiger partial charge is 0.378 e. The van der Waals surface area contributed by atoms with Crippen LogP contribution in [-0.4, -0.2) is 18.6 Å². The fourth-order valence-corrected chi connectivity index (χ4v) is 1.66. The molecule has 2 N–H and O–H groups in total. The Morgan fingerprint density at radius 2 is 2.42 bits per heavy atom. The Morgan fingerprint density at radius 3 is 3.00 bits per heavy atom. The highest BCUT2D eigenvalue weighted by atomic mass is 16.5. The molecule has 0 spiro atoms. The first-order chi connectivity index (χ1) is 5.74. The first-order valence-electron chi connectivity index (χ1n) is 4.65. The predicted molar refractivity (Wildman–Crippen MR) is 46.6 cm³/mol. The van der Waals surface area contributed by atoms with Gasteiger partial charge in [0.1, 0.15) is 0 Å². The third-order valence-electron chi connectivity index (χ3n) is 2.38. The van der Waals surface area contributed by atoms with Gasteiger partial charge in [0, 0.05) is 12.5 Å². The summed E-state index contributed by atoms with van der Waals surface area (Å²) in [5.74, 6) is -0.116. The summed E-state index contributed by atoms with van der Waals surface area (Å²) in [6, 6.07) is 0. The number of carbonyl (C=O) groups excluding carboxylic acids is 1. The maximum absolute atomic E-state index is 10.9. The van der Waals surface area contributed by atoms with Crippen LogP contribution in [0.4, 0.5) is 0 Å². The van der Waals surface area contributed by atoms with Gasteiger partial charge < -0.3 is 10.5 Å². The van der Waals surface area contributed by atoms with Crippen molar-refractivity contribution >= 4 is 5.91 Å². The molecule has 1 heterocycles. The average Bonchev–Trinajstić information content (AvgIpc) is 2.05. The maximum Gasteiger partial charge on any atom is 0.220 e. The molecule has 1 amide bonds. The van der Waals surface area contributed by atoms with E-state index in [-0.39, 0.29) is 17.9 Å². The molecule has 2 atom stereocenters. The molecule has 0 bridgehead atoms. The highest BCUT2D eigenvalue weighted by molar-refractivity contribution is 5.76. The van der Waals surface area contributed by atoms with E-state index in [2.05, 4.69) is 6.92 Å². The van der Waals surface area contributed by atoms with Crippen LogP contribution in [0.3, 0.4) is 0 Å². The second-order valence-corrected chi connectivity index (χ2v) is 3.41. The summed E-state index contributed by atoms with van der Waals surface area (Å²) in [7, 11) is 0. The molecule has 0 radical (unpaired) electrons. The fourth-order valence-electron chi connectivity index (χ4n) is 1.66. The molecule has 0 aromatic carbocycles. The van der Waals surface area contributed by atoms with Crippen LogP contribution in [0.15, 0.2) is 0 Å². The molecule has 0 aromatic rings. The van der Waals surface area contributed by atoms with Crippen LogP contribution < -0.4 is 5.73 Å². The lowest BCUT2D eigenvalue weighted by Gasteiger charge is -2.27. The predicted octanol–water partition coefficient (Wildman–Crippen LogP) is 1.07. The van der Waals surface area contributed by atoms with Crippen molar-refractivity contribution in [2.75, 3.05) is 6.61 Å². The normalized spacial score (nSPS) is 30.1. The second-order valence-electron chi connectivity index (χ2n) is 3.41. The number of hydrogen-bond acceptors (Lipinski definition) is 2. The molecule has 1 rings (SSSR count). The van der Waals surface area contributed by atoms with Crippen LogP contribution in [0.25, 0.3) is 0 Å². The Kier molecular flexibility index (Phi) is 3.53. The van der Waals surface area contributed by atoms with E-state index < -0.39 is 0 Å². The minimum absolute atomic E-state index is 0.0512. The molecule has 3 nitrogen and oxygen atoms in total. The lowest BCUT2D eigenvalue weighted by atomic mass is 9.93. The number of nitrogens with two attached hydrogens (primary N) is 1. The van der Waals surface area contributed by atoms with Crippen molar-refractivity contribution in [1.29, 1.82) is 0 Å². The monoisotopic (exact) mass is 171 g/mol. The van der Waals surface area contributed by atoms with Gasteiger partial charge in [-0.25, -0.2) is 0 Å². The van der Waals surface area contributed by atoms with Gasteiger partial charge in [-0.3, -0.25) is 4.79 Å². The number of amides is 1. The Balaban J connectivity index is 2.35. The topological polar surface area (TPSA) is 52.3 Å². The zero-order valence-electron chi connectivity index (χ0n) is 7.58. The second kappa shape index (κ2) is 4.45. The molecule has 12 heavy (non-hydrogen) atoms. The van der Waals surface area contributed by atoms with E-state index in [4.69, 9.17) is 10.5 Å². The fraction of sp³-hybridized carbons (Fsp3) is 0.889. The van der Waals surface area contributed by atoms with Crippen molar-refractivity contribution in [3.05, 3.63) is 0 Å². The van der Waals surface area contributed by atoms with Crippen molar-refractivity contribution in [2.45, 2.75) is 38.7 Å². The molecule has 0 aromatic heterocycles. The quantitative estimate of drug-likeness (QED) is 0.690. The van der Waals surface area contributed by atoms with Crippen molar-refractivity contribution in [3.63, 3.8) is 0 Å². The molecular weight excluding hydrogens is 154 g/mol. The van der Waals surface area contributed by atoms with Crippen LogP contribution in [0.1, 0.15) is 32.6 Å². The Morgan fingerprint density at radius 1 is 1.67 bits per heavy atom. The van der Waals surface area contributed by atoms with Gasteiger partial charge in [-0.1, -0.05) is 13.3 Å². The highest BCUT2D eigenvalue weighted by Crippen LogP contribution is 2.22. The van der Waals surface area contributed by atoms with Crippen LogP contribution in [0.5, 0.6) is 0 Å². The van der Waals surface area contributed by atoms with E-state index in [1.807, 2.05) is 0 Å². The molecule has 1 fully saturated rings. The van der Waals surface area contributed by atoms with Crippen LogP contribution in [0.2, 0.25) is 0 Å². The third kappa shape index (κ3) is 2.48. The van der Waals surface area contributed by atoms with E-state index in [1.165, 1.54) is 0 Å². The zero-order chi connectivity index (χ0) is 8.97. The van der Waals surface area contributed by atoms with Gasteiger partial charge in [-0.2, -0.15) is 0 Å². The van der Waals surface area contributed by atoms with Gasteiger partial charge in [0.25, 0.3) is 0 Å². The molecule has 70 valence electrons. The summed E-state index contributed by atoms with van der Waals surface area (Å²) in [4.78, 5) is 10.9. The summed E-state index contributed by atoms with van der Waals surface area (Å²) >= 11 is 0. The molecule has 1 saturated heterocycles. The SMILES string of the molecule is CCCC1CC(C(N)=O)CCO1. The molecule has 0 saturated carbocycles. The lowest BCUT2D eigenvalue weighted by molar-refractivity contribution is -0.126. The summed E-state index contributed by atoms with van der Waals surface area (Å²) in [5.41, 5.74) is 5.23. The first kappa shape index (κ1) is 9.52. The molecular formula is C9H17NO2. The summed E-state index contributed by atoms with van der Waals surface area (Å²) < 4.78 is 5.49. The van der Waals surface area contributed by atoms with Crippen LogP contribution >= 0.6 is 0 Å². The van der Waals surface area contributed by atoms with E-state index in [9.17, 15) is 4.79 Å². The van der Waals surface area contributed by atoms with Gasteiger partial charge in [0.15, 0.2) is 0 Å². The average molecular weight is 171 g/mol. The third-order valence-corrected chi connectivity index (χ3v) is 2.38. The number of primary amides is 1. The van der Waals surface area contributed by atoms with E-state index in [0.717, 1.165) is 25.7 Å². The van der Waals surface area contributed by atoms with E-state index in [0.29, 0.717) is 6.61 Å².